The van der Waals surface area contributed by atoms with Crippen LogP contribution in [0.25, 0.3) is 11.1 Å². The van der Waals surface area contributed by atoms with Gasteiger partial charge in [-0.25, -0.2) is 9.78 Å². The number of rotatable bonds is 4. The van der Waals surface area contributed by atoms with Crippen LogP contribution in [-0.4, -0.2) is 16.1 Å². The first-order chi connectivity index (χ1) is 10.0. The molecule has 4 heteroatoms. The maximum atomic E-state index is 11.3. The molecular weight excluding hydrogens is 266 g/mol. The smallest absolute Gasteiger partial charge is 0.338 e. The predicted molar refractivity (Wildman–Crippen MR) is 80.6 cm³/mol. The predicted octanol–water partition coefficient (Wildman–Crippen LogP) is 4.38. The lowest BCUT2D eigenvalue weighted by Gasteiger charge is -2.27. The zero-order valence-corrected chi connectivity index (χ0v) is 12.6. The van der Waals surface area contributed by atoms with Crippen LogP contribution >= 0.6 is 0 Å². The monoisotopic (exact) mass is 287 g/mol. The second-order valence-electron chi connectivity index (χ2n) is 6.56. The molecule has 21 heavy (non-hydrogen) atoms. The molecule has 1 heterocycles. The number of hydrogen-bond acceptors (Lipinski definition) is 3. The molecule has 1 aliphatic rings. The average Bonchev–Trinajstić information content (AvgIpc) is 3.03. The van der Waals surface area contributed by atoms with Gasteiger partial charge in [-0.05, 0) is 37.3 Å². The Labute approximate surface area is 124 Å². The fourth-order valence-corrected chi connectivity index (χ4v) is 3.69. The number of carboxylic acid groups (broad SMARTS) is 1. The zero-order chi connectivity index (χ0) is 15.0. The van der Waals surface area contributed by atoms with Crippen LogP contribution < -0.4 is 0 Å². The van der Waals surface area contributed by atoms with Crippen molar-refractivity contribution in [3.63, 3.8) is 0 Å². The van der Waals surface area contributed by atoms with Gasteiger partial charge in [-0.1, -0.05) is 32.8 Å². The Morgan fingerprint density at radius 2 is 2.10 bits per heavy atom. The summed E-state index contributed by atoms with van der Waals surface area (Å²) in [6, 6.07) is 5.10. The normalized spacial score (nSPS) is 17.7. The lowest BCUT2D eigenvalue weighted by Crippen LogP contribution is -2.24. The molecule has 1 aromatic carbocycles. The summed E-state index contributed by atoms with van der Waals surface area (Å²) in [6.07, 6.45) is 5.59. The first-order valence-electron chi connectivity index (χ1n) is 7.65. The Bertz CT molecular complexity index is 666. The Morgan fingerprint density at radius 3 is 2.71 bits per heavy atom. The standard InChI is InChI=1S/C17H21NO3/c1-11(2)10-17(8-3-4-9-17)16-18-14-12(15(19)20)6-5-7-13(14)21-16/h5-7,11H,3-4,8-10H2,1-2H3,(H,19,20). The third-order valence-corrected chi connectivity index (χ3v) is 4.46. The van der Waals surface area contributed by atoms with Gasteiger partial charge in [0.05, 0.1) is 5.56 Å². The Balaban J connectivity index is 2.11. The molecule has 0 aliphatic heterocycles. The van der Waals surface area contributed by atoms with Crippen LogP contribution in [0.4, 0.5) is 0 Å². The van der Waals surface area contributed by atoms with Gasteiger partial charge in [-0.15, -0.1) is 0 Å². The van der Waals surface area contributed by atoms with E-state index in [0.29, 0.717) is 17.0 Å². The molecule has 0 amide bonds. The molecule has 1 fully saturated rings. The SMILES string of the molecule is CC(C)CC1(c2nc3c(C(=O)O)cccc3o2)CCCC1. The average molecular weight is 287 g/mol. The number of para-hydroxylation sites is 1. The molecular formula is C17H21NO3. The summed E-state index contributed by atoms with van der Waals surface area (Å²) in [5.74, 6) is 0.347. The van der Waals surface area contributed by atoms with E-state index in [4.69, 9.17) is 4.42 Å². The minimum absolute atomic E-state index is 0.0110. The Morgan fingerprint density at radius 1 is 1.38 bits per heavy atom. The first kappa shape index (κ1) is 14.1. The van der Waals surface area contributed by atoms with Crippen molar-refractivity contribution >= 4 is 17.1 Å². The highest BCUT2D eigenvalue weighted by Crippen LogP contribution is 2.46. The largest absolute Gasteiger partial charge is 0.478 e. The summed E-state index contributed by atoms with van der Waals surface area (Å²) < 4.78 is 5.97. The second-order valence-corrected chi connectivity index (χ2v) is 6.56. The molecule has 2 aromatic rings. The number of aromatic carboxylic acids is 1. The molecule has 0 spiro atoms. The van der Waals surface area contributed by atoms with Crippen molar-refractivity contribution < 1.29 is 14.3 Å². The fourth-order valence-electron chi connectivity index (χ4n) is 3.69. The fraction of sp³-hybridized carbons (Fsp3) is 0.529. The molecule has 4 nitrogen and oxygen atoms in total. The molecule has 1 N–H and O–H groups in total. The summed E-state index contributed by atoms with van der Waals surface area (Å²) >= 11 is 0. The Hall–Kier alpha value is -1.84. The summed E-state index contributed by atoms with van der Waals surface area (Å²) in [4.78, 5) is 15.9. The van der Waals surface area contributed by atoms with E-state index in [0.717, 1.165) is 25.2 Å². The minimum Gasteiger partial charge on any atom is -0.478 e. The highest BCUT2D eigenvalue weighted by Gasteiger charge is 2.40. The van der Waals surface area contributed by atoms with Crippen LogP contribution in [0.3, 0.4) is 0 Å². The number of hydrogen-bond donors (Lipinski definition) is 1. The van der Waals surface area contributed by atoms with E-state index < -0.39 is 5.97 Å². The zero-order valence-electron chi connectivity index (χ0n) is 12.6. The second kappa shape index (κ2) is 5.17. The van der Waals surface area contributed by atoms with Gasteiger partial charge in [-0.3, -0.25) is 0 Å². The molecule has 0 bridgehead atoms. The minimum atomic E-state index is -0.954. The number of fused-ring (bicyclic) bond motifs is 1. The number of nitrogens with zero attached hydrogens (tertiary/aromatic N) is 1. The summed E-state index contributed by atoms with van der Waals surface area (Å²) in [7, 11) is 0. The van der Waals surface area contributed by atoms with Crippen molar-refractivity contribution in [1.29, 1.82) is 0 Å². The highest BCUT2D eigenvalue weighted by molar-refractivity contribution is 6.00. The third kappa shape index (κ3) is 2.43. The lowest BCUT2D eigenvalue weighted by molar-refractivity contribution is 0.0699. The molecule has 1 aromatic heterocycles. The number of oxazole rings is 1. The number of carboxylic acids is 1. The van der Waals surface area contributed by atoms with Gasteiger partial charge >= 0.3 is 5.97 Å². The van der Waals surface area contributed by atoms with E-state index in [2.05, 4.69) is 18.8 Å². The molecule has 3 rings (SSSR count). The number of benzene rings is 1. The maximum absolute atomic E-state index is 11.3. The van der Waals surface area contributed by atoms with E-state index in [1.165, 1.54) is 12.8 Å². The lowest BCUT2D eigenvalue weighted by atomic mass is 9.78. The molecule has 1 saturated carbocycles. The van der Waals surface area contributed by atoms with Crippen LogP contribution in [0.5, 0.6) is 0 Å². The molecule has 112 valence electrons. The molecule has 0 atom stereocenters. The van der Waals surface area contributed by atoms with Crippen molar-refractivity contribution in [2.24, 2.45) is 5.92 Å². The number of aromatic nitrogens is 1. The van der Waals surface area contributed by atoms with E-state index in [1.807, 2.05) is 0 Å². The van der Waals surface area contributed by atoms with E-state index in [9.17, 15) is 9.90 Å². The summed E-state index contributed by atoms with van der Waals surface area (Å²) in [5, 5.41) is 9.29. The van der Waals surface area contributed by atoms with Crippen molar-refractivity contribution in [2.45, 2.75) is 51.4 Å². The van der Waals surface area contributed by atoms with E-state index in [1.54, 1.807) is 18.2 Å². The molecule has 0 unspecified atom stereocenters. The van der Waals surface area contributed by atoms with Gasteiger partial charge in [-0.2, -0.15) is 0 Å². The first-order valence-corrected chi connectivity index (χ1v) is 7.65. The topological polar surface area (TPSA) is 63.3 Å². The Kier molecular flexibility index (Phi) is 3.47. The van der Waals surface area contributed by atoms with E-state index >= 15 is 0 Å². The quantitative estimate of drug-likeness (QED) is 0.906. The van der Waals surface area contributed by atoms with Gasteiger partial charge in [0.15, 0.2) is 5.58 Å². The van der Waals surface area contributed by atoms with Crippen molar-refractivity contribution in [3.8, 4) is 0 Å². The van der Waals surface area contributed by atoms with Gasteiger partial charge in [0.1, 0.15) is 5.52 Å². The van der Waals surface area contributed by atoms with Crippen molar-refractivity contribution in [3.05, 3.63) is 29.7 Å². The van der Waals surface area contributed by atoms with Gasteiger partial charge < -0.3 is 9.52 Å². The van der Waals surface area contributed by atoms with Crippen LogP contribution in [0.2, 0.25) is 0 Å². The maximum Gasteiger partial charge on any atom is 0.338 e. The highest BCUT2D eigenvalue weighted by atomic mass is 16.4. The van der Waals surface area contributed by atoms with Gasteiger partial charge in [0.2, 0.25) is 5.89 Å². The van der Waals surface area contributed by atoms with Crippen molar-refractivity contribution in [2.75, 3.05) is 0 Å². The van der Waals surface area contributed by atoms with Gasteiger partial charge in [0, 0.05) is 5.41 Å². The molecule has 1 aliphatic carbocycles. The van der Waals surface area contributed by atoms with Crippen LogP contribution in [0, 0.1) is 5.92 Å². The summed E-state index contributed by atoms with van der Waals surface area (Å²) in [6.45, 7) is 4.43. The van der Waals surface area contributed by atoms with E-state index in [-0.39, 0.29) is 11.0 Å². The third-order valence-electron chi connectivity index (χ3n) is 4.46. The van der Waals surface area contributed by atoms with Crippen molar-refractivity contribution in [1.82, 2.24) is 4.98 Å². The van der Waals surface area contributed by atoms with Gasteiger partial charge in [0.25, 0.3) is 0 Å². The number of carbonyl (C=O) groups is 1. The van der Waals surface area contributed by atoms with Crippen LogP contribution in [0.15, 0.2) is 22.6 Å². The van der Waals surface area contributed by atoms with Crippen LogP contribution in [-0.2, 0) is 5.41 Å². The summed E-state index contributed by atoms with van der Waals surface area (Å²) in [5.41, 5.74) is 1.28. The molecule has 0 saturated heterocycles. The molecule has 0 radical (unpaired) electrons. The van der Waals surface area contributed by atoms with Crippen LogP contribution in [0.1, 0.15) is 62.2 Å².